The normalized spacial score (nSPS) is 15.8. The number of phenols is 1. The van der Waals surface area contributed by atoms with Crippen LogP contribution in [-0.4, -0.2) is 36.2 Å². The third-order valence-corrected chi connectivity index (χ3v) is 4.86. The van der Waals surface area contributed by atoms with E-state index in [1.165, 1.54) is 22.0 Å². The summed E-state index contributed by atoms with van der Waals surface area (Å²) in [4.78, 5) is 4.91. The Bertz CT molecular complexity index is 815. The lowest BCUT2D eigenvalue weighted by atomic mass is 10.0. The second-order valence-corrected chi connectivity index (χ2v) is 6.42. The van der Waals surface area contributed by atoms with Gasteiger partial charge in [0, 0.05) is 38.4 Å². The molecular formula is C21H22N2O. The second-order valence-electron chi connectivity index (χ2n) is 6.42. The molecule has 1 saturated heterocycles. The highest BCUT2D eigenvalue weighted by atomic mass is 16.3. The number of hydrogen-bond donors (Lipinski definition) is 1. The van der Waals surface area contributed by atoms with Gasteiger partial charge >= 0.3 is 0 Å². The molecule has 1 aliphatic rings. The van der Waals surface area contributed by atoms with Crippen LogP contribution < -0.4 is 4.90 Å². The maximum atomic E-state index is 9.42. The van der Waals surface area contributed by atoms with E-state index in [-0.39, 0.29) is 0 Å². The Morgan fingerprint density at radius 3 is 2.25 bits per heavy atom. The number of phenolic OH excluding ortho intramolecular Hbond substituents is 1. The Labute approximate surface area is 142 Å². The standard InChI is InChI=1S/C21H22N2O/c24-20-10-8-19(9-11-20)23-14-12-22(13-15-23)16-18-6-3-5-17-4-1-2-7-21(17)18/h1-11,24H,12-16H2. The number of aromatic hydroxyl groups is 1. The summed E-state index contributed by atoms with van der Waals surface area (Å²) in [5.41, 5.74) is 2.60. The van der Waals surface area contributed by atoms with E-state index < -0.39 is 0 Å². The molecule has 0 atom stereocenters. The average Bonchev–Trinajstić information content (AvgIpc) is 2.63. The van der Waals surface area contributed by atoms with E-state index in [1.807, 2.05) is 12.1 Å². The molecule has 0 unspecified atom stereocenters. The first kappa shape index (κ1) is 15.0. The van der Waals surface area contributed by atoms with Crippen LogP contribution in [0.4, 0.5) is 5.69 Å². The van der Waals surface area contributed by atoms with Crippen LogP contribution in [0, 0.1) is 0 Å². The predicted molar refractivity (Wildman–Crippen MR) is 99.5 cm³/mol. The van der Waals surface area contributed by atoms with Crippen molar-refractivity contribution < 1.29 is 5.11 Å². The fourth-order valence-electron chi connectivity index (χ4n) is 3.50. The molecule has 3 nitrogen and oxygen atoms in total. The first-order chi connectivity index (χ1) is 11.8. The van der Waals surface area contributed by atoms with Crippen LogP contribution in [0.3, 0.4) is 0 Å². The molecule has 3 aromatic carbocycles. The Kier molecular flexibility index (Phi) is 4.09. The van der Waals surface area contributed by atoms with E-state index in [9.17, 15) is 5.11 Å². The number of nitrogens with zero attached hydrogens (tertiary/aromatic N) is 2. The molecule has 1 N–H and O–H groups in total. The topological polar surface area (TPSA) is 26.7 Å². The van der Waals surface area contributed by atoms with Gasteiger partial charge < -0.3 is 10.0 Å². The molecule has 0 aliphatic carbocycles. The maximum absolute atomic E-state index is 9.42. The quantitative estimate of drug-likeness (QED) is 0.794. The predicted octanol–water partition coefficient (Wildman–Crippen LogP) is 3.87. The molecule has 0 radical (unpaired) electrons. The second kappa shape index (κ2) is 6.54. The summed E-state index contributed by atoms with van der Waals surface area (Å²) in [5, 5.41) is 12.1. The fourth-order valence-corrected chi connectivity index (χ4v) is 3.50. The van der Waals surface area contributed by atoms with Crippen LogP contribution in [0.15, 0.2) is 66.7 Å². The van der Waals surface area contributed by atoms with Crippen molar-refractivity contribution in [3.8, 4) is 5.75 Å². The molecule has 0 amide bonds. The zero-order valence-corrected chi connectivity index (χ0v) is 13.7. The van der Waals surface area contributed by atoms with Crippen LogP contribution in [-0.2, 0) is 6.54 Å². The van der Waals surface area contributed by atoms with Gasteiger partial charge in [-0.3, -0.25) is 4.90 Å². The summed E-state index contributed by atoms with van der Waals surface area (Å²) in [7, 11) is 0. The molecule has 0 spiro atoms. The molecule has 1 aliphatic heterocycles. The van der Waals surface area contributed by atoms with E-state index in [0.717, 1.165) is 32.7 Å². The SMILES string of the molecule is Oc1ccc(N2CCN(Cc3cccc4ccccc34)CC2)cc1. The van der Waals surface area contributed by atoms with Crippen LogP contribution >= 0.6 is 0 Å². The smallest absolute Gasteiger partial charge is 0.115 e. The van der Waals surface area contributed by atoms with Crippen LogP contribution in [0.1, 0.15) is 5.56 Å². The van der Waals surface area contributed by atoms with E-state index in [2.05, 4.69) is 52.3 Å². The summed E-state index contributed by atoms with van der Waals surface area (Å²) in [6.45, 7) is 5.17. The fraction of sp³-hybridized carbons (Fsp3) is 0.238. The minimum absolute atomic E-state index is 0.327. The van der Waals surface area contributed by atoms with Crippen molar-refractivity contribution in [1.29, 1.82) is 0 Å². The maximum Gasteiger partial charge on any atom is 0.115 e. The van der Waals surface area contributed by atoms with Crippen molar-refractivity contribution in [2.75, 3.05) is 31.1 Å². The summed E-state index contributed by atoms with van der Waals surface area (Å²) in [6, 6.07) is 22.7. The molecule has 0 aromatic heterocycles. The molecule has 0 bridgehead atoms. The molecule has 122 valence electrons. The lowest BCUT2D eigenvalue weighted by molar-refractivity contribution is 0.250. The monoisotopic (exact) mass is 318 g/mol. The van der Waals surface area contributed by atoms with Crippen molar-refractivity contribution in [2.24, 2.45) is 0 Å². The first-order valence-corrected chi connectivity index (χ1v) is 8.52. The number of piperazine rings is 1. The van der Waals surface area contributed by atoms with Crippen molar-refractivity contribution in [3.05, 3.63) is 72.3 Å². The van der Waals surface area contributed by atoms with E-state index >= 15 is 0 Å². The number of benzene rings is 3. The summed E-state index contributed by atoms with van der Waals surface area (Å²) < 4.78 is 0. The zero-order chi connectivity index (χ0) is 16.4. The van der Waals surface area contributed by atoms with Gasteiger partial charge in [-0.15, -0.1) is 0 Å². The molecule has 0 saturated carbocycles. The van der Waals surface area contributed by atoms with Crippen molar-refractivity contribution in [2.45, 2.75) is 6.54 Å². The van der Waals surface area contributed by atoms with E-state index in [1.54, 1.807) is 12.1 Å². The van der Waals surface area contributed by atoms with Crippen molar-refractivity contribution in [3.63, 3.8) is 0 Å². The van der Waals surface area contributed by atoms with E-state index in [4.69, 9.17) is 0 Å². The van der Waals surface area contributed by atoms with Gasteiger partial charge in [-0.25, -0.2) is 0 Å². The summed E-state index contributed by atoms with van der Waals surface area (Å²) >= 11 is 0. The van der Waals surface area contributed by atoms with Crippen molar-refractivity contribution in [1.82, 2.24) is 4.90 Å². The number of anilines is 1. The summed E-state index contributed by atoms with van der Waals surface area (Å²) in [5.74, 6) is 0.327. The average molecular weight is 318 g/mol. The minimum Gasteiger partial charge on any atom is -0.508 e. The molecular weight excluding hydrogens is 296 g/mol. The summed E-state index contributed by atoms with van der Waals surface area (Å²) in [6.07, 6.45) is 0. The number of hydrogen-bond acceptors (Lipinski definition) is 3. The molecule has 1 heterocycles. The van der Waals surface area contributed by atoms with Gasteiger partial charge in [0.25, 0.3) is 0 Å². The van der Waals surface area contributed by atoms with Gasteiger partial charge in [-0.2, -0.15) is 0 Å². The largest absolute Gasteiger partial charge is 0.508 e. The Morgan fingerprint density at radius 1 is 0.750 bits per heavy atom. The molecule has 3 heteroatoms. The van der Waals surface area contributed by atoms with Gasteiger partial charge in [-0.05, 0) is 40.6 Å². The van der Waals surface area contributed by atoms with Gasteiger partial charge in [0.05, 0.1) is 0 Å². The zero-order valence-electron chi connectivity index (χ0n) is 13.7. The Morgan fingerprint density at radius 2 is 1.46 bits per heavy atom. The highest BCUT2D eigenvalue weighted by molar-refractivity contribution is 5.85. The first-order valence-electron chi connectivity index (χ1n) is 8.52. The van der Waals surface area contributed by atoms with Crippen LogP contribution in [0.25, 0.3) is 10.8 Å². The van der Waals surface area contributed by atoms with Crippen LogP contribution in [0.2, 0.25) is 0 Å². The minimum atomic E-state index is 0.327. The Balaban J connectivity index is 1.43. The van der Waals surface area contributed by atoms with Gasteiger partial charge in [0.1, 0.15) is 5.75 Å². The van der Waals surface area contributed by atoms with Gasteiger partial charge in [0.2, 0.25) is 0 Å². The number of rotatable bonds is 3. The highest BCUT2D eigenvalue weighted by Crippen LogP contribution is 2.23. The third-order valence-electron chi connectivity index (χ3n) is 4.86. The lowest BCUT2D eigenvalue weighted by Gasteiger charge is -2.36. The van der Waals surface area contributed by atoms with E-state index in [0.29, 0.717) is 5.75 Å². The van der Waals surface area contributed by atoms with Gasteiger partial charge in [-0.1, -0.05) is 42.5 Å². The molecule has 1 fully saturated rings. The van der Waals surface area contributed by atoms with Crippen LogP contribution in [0.5, 0.6) is 5.75 Å². The lowest BCUT2D eigenvalue weighted by Crippen LogP contribution is -2.45. The Hall–Kier alpha value is -2.52. The third kappa shape index (κ3) is 3.08. The molecule has 24 heavy (non-hydrogen) atoms. The molecule has 4 rings (SSSR count). The van der Waals surface area contributed by atoms with Gasteiger partial charge in [0.15, 0.2) is 0 Å². The highest BCUT2D eigenvalue weighted by Gasteiger charge is 2.17. The molecule has 3 aromatic rings. The number of fused-ring (bicyclic) bond motifs is 1. The van der Waals surface area contributed by atoms with Crippen molar-refractivity contribution >= 4 is 16.5 Å².